The number of aromatic nitrogens is 1. The van der Waals surface area contributed by atoms with Crippen molar-refractivity contribution in [3.63, 3.8) is 0 Å². The molecule has 0 radical (unpaired) electrons. The zero-order valence-corrected chi connectivity index (χ0v) is 24.7. The molecule has 4 aromatic carbocycles. The highest BCUT2D eigenvalue weighted by atomic mass is 79.9. The van der Waals surface area contributed by atoms with E-state index in [1.54, 1.807) is 11.1 Å². The first kappa shape index (κ1) is 23.8. The van der Waals surface area contributed by atoms with Crippen LogP contribution in [-0.4, -0.2) is 4.57 Å². The van der Waals surface area contributed by atoms with Gasteiger partial charge in [-0.1, -0.05) is 120 Å². The van der Waals surface area contributed by atoms with E-state index in [0.29, 0.717) is 5.92 Å². The highest BCUT2D eigenvalue weighted by Crippen LogP contribution is 2.67. The average Bonchev–Trinajstić information content (AvgIpc) is 3.61. The second kappa shape index (κ2) is 8.57. The molecule has 1 heterocycles. The number of allylic oxidation sites excluding steroid dienone is 6. The van der Waals surface area contributed by atoms with Crippen molar-refractivity contribution in [3.05, 3.63) is 158 Å². The van der Waals surface area contributed by atoms with Gasteiger partial charge in [0.15, 0.2) is 0 Å². The van der Waals surface area contributed by atoms with Crippen molar-refractivity contribution in [1.82, 2.24) is 4.57 Å². The topological polar surface area (TPSA) is 4.93 Å². The van der Waals surface area contributed by atoms with Gasteiger partial charge in [-0.05, 0) is 87.4 Å². The Morgan fingerprint density at radius 1 is 0.805 bits per heavy atom. The molecule has 4 aliphatic rings. The molecule has 0 aliphatic heterocycles. The van der Waals surface area contributed by atoms with E-state index in [-0.39, 0.29) is 5.41 Å². The Bertz CT molecular complexity index is 1980. The summed E-state index contributed by atoms with van der Waals surface area (Å²) < 4.78 is 3.80. The maximum Gasteiger partial charge on any atom is 0.0654 e. The lowest BCUT2D eigenvalue weighted by molar-refractivity contribution is 0.563. The molecule has 0 saturated carbocycles. The standard InChI is InChI=1S/C39H30BrN/c1-24-11-10-16-30-36-33(39(37(24)30)31-17-6-3-13-26(31)27-14-4-7-18-32(27)39)22-21-29-28-15-5-9-20-35(28)41(38(29)36)23-25-12-2-8-19-34(25)40/h2-10,12-20,24H,11,21-23H2,1H3. The van der Waals surface area contributed by atoms with Gasteiger partial charge in [0.1, 0.15) is 0 Å². The molecule has 0 fully saturated rings. The minimum absolute atomic E-state index is 0.186. The summed E-state index contributed by atoms with van der Waals surface area (Å²) in [6, 6.07) is 36.3. The van der Waals surface area contributed by atoms with E-state index in [9.17, 15) is 0 Å². The van der Waals surface area contributed by atoms with Crippen molar-refractivity contribution < 1.29 is 0 Å². The minimum atomic E-state index is -0.186. The van der Waals surface area contributed by atoms with Crippen LogP contribution in [0.25, 0.3) is 27.6 Å². The van der Waals surface area contributed by atoms with Gasteiger partial charge in [0.05, 0.1) is 11.1 Å². The van der Waals surface area contributed by atoms with Crippen LogP contribution in [0.1, 0.15) is 47.7 Å². The van der Waals surface area contributed by atoms with Gasteiger partial charge in [-0.15, -0.1) is 0 Å². The van der Waals surface area contributed by atoms with Gasteiger partial charge in [-0.25, -0.2) is 0 Å². The van der Waals surface area contributed by atoms with Gasteiger partial charge < -0.3 is 4.57 Å². The Hall–Kier alpha value is -3.88. The van der Waals surface area contributed by atoms with Crippen LogP contribution in [0.15, 0.2) is 130 Å². The second-order valence-corrected chi connectivity index (χ2v) is 12.9. The third-order valence-corrected chi connectivity index (χ3v) is 10.9. The van der Waals surface area contributed by atoms with E-state index in [1.165, 1.54) is 65.6 Å². The molecule has 0 saturated heterocycles. The van der Waals surface area contributed by atoms with Crippen LogP contribution >= 0.6 is 15.9 Å². The molecule has 2 heteroatoms. The maximum atomic E-state index is 3.86. The van der Waals surface area contributed by atoms with Crippen LogP contribution in [0, 0.1) is 5.92 Å². The highest BCUT2D eigenvalue weighted by Gasteiger charge is 2.56. The van der Waals surface area contributed by atoms with Gasteiger partial charge in [-0.2, -0.15) is 0 Å². The van der Waals surface area contributed by atoms with Crippen molar-refractivity contribution >= 4 is 32.4 Å². The highest BCUT2D eigenvalue weighted by molar-refractivity contribution is 9.10. The largest absolute Gasteiger partial charge is 0.336 e. The lowest BCUT2D eigenvalue weighted by Gasteiger charge is -2.38. The second-order valence-electron chi connectivity index (χ2n) is 12.1. The molecule has 9 rings (SSSR count). The first-order chi connectivity index (χ1) is 20.2. The summed E-state index contributed by atoms with van der Waals surface area (Å²) in [5, 5.41) is 1.41. The SMILES string of the molecule is CC1CC=CC2=C1C1(C3=C2c2c(c4ccccc4n2Cc2ccccc2Br)CC3)c2ccccc2-c2ccccc21. The molecule has 1 aromatic heterocycles. The fourth-order valence-corrected chi connectivity index (χ4v) is 9.13. The molecule has 0 amide bonds. The van der Waals surface area contributed by atoms with Crippen molar-refractivity contribution in [3.8, 4) is 11.1 Å². The van der Waals surface area contributed by atoms with Crippen LogP contribution in [0.5, 0.6) is 0 Å². The van der Waals surface area contributed by atoms with E-state index >= 15 is 0 Å². The lowest BCUT2D eigenvalue weighted by Crippen LogP contribution is -2.32. The quantitative estimate of drug-likeness (QED) is 0.192. The predicted molar refractivity (Wildman–Crippen MR) is 173 cm³/mol. The molecule has 4 aliphatic carbocycles. The maximum absolute atomic E-state index is 3.86. The summed E-state index contributed by atoms with van der Waals surface area (Å²) in [6.07, 6.45) is 8.15. The van der Waals surface area contributed by atoms with Crippen molar-refractivity contribution in [2.45, 2.75) is 38.1 Å². The van der Waals surface area contributed by atoms with Crippen LogP contribution in [0.4, 0.5) is 0 Å². The first-order valence-electron chi connectivity index (χ1n) is 14.9. The number of rotatable bonds is 2. The number of hydrogen-bond donors (Lipinski definition) is 0. The average molecular weight is 593 g/mol. The molecule has 1 spiro atoms. The molecular formula is C39H30BrN. The molecule has 1 atom stereocenters. The summed E-state index contributed by atoms with van der Waals surface area (Å²) >= 11 is 3.86. The molecule has 5 aromatic rings. The van der Waals surface area contributed by atoms with Crippen molar-refractivity contribution in [2.24, 2.45) is 5.92 Å². The Labute approximate surface area is 249 Å². The number of fused-ring (bicyclic) bond motifs is 12. The Morgan fingerprint density at radius 2 is 1.49 bits per heavy atom. The van der Waals surface area contributed by atoms with E-state index in [1.807, 2.05) is 0 Å². The summed E-state index contributed by atoms with van der Waals surface area (Å²) in [5.41, 5.74) is 17.4. The van der Waals surface area contributed by atoms with E-state index in [4.69, 9.17) is 0 Å². The zero-order chi connectivity index (χ0) is 27.3. The molecule has 41 heavy (non-hydrogen) atoms. The molecular weight excluding hydrogens is 562 g/mol. The molecule has 0 bridgehead atoms. The van der Waals surface area contributed by atoms with Gasteiger partial charge in [-0.3, -0.25) is 0 Å². The number of halogens is 1. The third kappa shape index (κ3) is 2.96. The van der Waals surface area contributed by atoms with E-state index in [2.05, 4.69) is 137 Å². The smallest absolute Gasteiger partial charge is 0.0654 e. The Balaban J connectivity index is 1.42. The first-order valence-corrected chi connectivity index (χ1v) is 15.7. The zero-order valence-electron chi connectivity index (χ0n) is 23.1. The predicted octanol–water partition coefficient (Wildman–Crippen LogP) is 10.0. The van der Waals surface area contributed by atoms with E-state index in [0.717, 1.165) is 25.8 Å². The summed E-state index contributed by atoms with van der Waals surface area (Å²) in [7, 11) is 0. The molecule has 198 valence electrons. The van der Waals surface area contributed by atoms with Crippen LogP contribution < -0.4 is 0 Å². The van der Waals surface area contributed by atoms with Crippen LogP contribution in [-0.2, 0) is 18.4 Å². The van der Waals surface area contributed by atoms with E-state index < -0.39 is 0 Å². The van der Waals surface area contributed by atoms with Crippen molar-refractivity contribution in [2.75, 3.05) is 0 Å². The fourth-order valence-electron chi connectivity index (χ4n) is 8.72. The normalized spacial score (nSPS) is 19.4. The molecule has 0 N–H and O–H groups in total. The summed E-state index contributed by atoms with van der Waals surface area (Å²) in [4.78, 5) is 0. The number of nitrogens with zero attached hydrogens (tertiary/aromatic N) is 1. The van der Waals surface area contributed by atoms with Crippen LogP contribution in [0.2, 0.25) is 0 Å². The third-order valence-electron chi connectivity index (χ3n) is 10.2. The van der Waals surface area contributed by atoms with Crippen LogP contribution in [0.3, 0.4) is 0 Å². The van der Waals surface area contributed by atoms with Gasteiger partial charge in [0, 0.05) is 27.5 Å². The number of para-hydroxylation sites is 1. The molecule has 1 nitrogen and oxygen atoms in total. The summed E-state index contributed by atoms with van der Waals surface area (Å²) in [5.74, 6) is 0.476. The Kier molecular flexibility index (Phi) is 4.97. The number of hydrogen-bond acceptors (Lipinski definition) is 0. The molecule has 1 unspecified atom stereocenters. The fraction of sp³-hybridized carbons (Fsp3) is 0.179. The Morgan fingerprint density at radius 3 is 2.27 bits per heavy atom. The lowest BCUT2D eigenvalue weighted by atomic mass is 9.63. The summed E-state index contributed by atoms with van der Waals surface area (Å²) in [6.45, 7) is 3.30. The monoisotopic (exact) mass is 591 g/mol. The van der Waals surface area contributed by atoms with Crippen molar-refractivity contribution in [1.29, 1.82) is 0 Å². The van der Waals surface area contributed by atoms with Gasteiger partial charge >= 0.3 is 0 Å². The van der Waals surface area contributed by atoms with Gasteiger partial charge in [0.2, 0.25) is 0 Å². The minimum Gasteiger partial charge on any atom is -0.336 e. The van der Waals surface area contributed by atoms with Gasteiger partial charge in [0.25, 0.3) is 0 Å². The number of benzene rings is 4. The number of aryl methyl sites for hydroxylation is 1.